The molecule has 2 saturated heterocycles. The number of rotatable bonds is 2. The van der Waals surface area contributed by atoms with Gasteiger partial charge in [-0.15, -0.1) is 10.2 Å². The SMILES string of the molecule is NC1(c2nn3c(C4CCOC4)nnc3s2)CCOC1. The molecule has 8 heteroatoms. The third-order valence-corrected chi connectivity index (χ3v) is 4.91. The van der Waals surface area contributed by atoms with E-state index in [1.807, 2.05) is 4.52 Å². The lowest BCUT2D eigenvalue weighted by atomic mass is 10.0. The minimum absolute atomic E-state index is 0.290. The molecular weight excluding hydrogens is 266 g/mol. The van der Waals surface area contributed by atoms with E-state index in [0.717, 1.165) is 35.2 Å². The Labute approximate surface area is 113 Å². The van der Waals surface area contributed by atoms with E-state index in [1.165, 1.54) is 11.3 Å². The number of hydrogen-bond acceptors (Lipinski definition) is 7. The van der Waals surface area contributed by atoms with Gasteiger partial charge in [0.25, 0.3) is 0 Å². The lowest BCUT2D eigenvalue weighted by Crippen LogP contribution is -2.37. The first kappa shape index (κ1) is 11.7. The van der Waals surface area contributed by atoms with E-state index in [1.54, 1.807) is 0 Å². The first-order chi connectivity index (χ1) is 9.26. The molecule has 0 bridgehead atoms. The summed E-state index contributed by atoms with van der Waals surface area (Å²) in [6.45, 7) is 2.70. The fraction of sp³-hybridized carbons (Fsp3) is 0.727. The highest BCUT2D eigenvalue weighted by Crippen LogP contribution is 2.32. The van der Waals surface area contributed by atoms with Crippen LogP contribution in [0.3, 0.4) is 0 Å². The predicted molar refractivity (Wildman–Crippen MR) is 68.1 cm³/mol. The van der Waals surface area contributed by atoms with Crippen LogP contribution in [0.25, 0.3) is 4.96 Å². The van der Waals surface area contributed by atoms with E-state index in [0.29, 0.717) is 25.7 Å². The number of nitrogens with two attached hydrogens (primary N) is 1. The Morgan fingerprint density at radius 3 is 3.00 bits per heavy atom. The normalized spacial score (nSPS) is 31.5. The van der Waals surface area contributed by atoms with Crippen molar-refractivity contribution in [1.82, 2.24) is 19.8 Å². The summed E-state index contributed by atoms with van der Waals surface area (Å²) in [5.74, 6) is 1.18. The maximum Gasteiger partial charge on any atom is 0.234 e. The number of ether oxygens (including phenoxy) is 2. The van der Waals surface area contributed by atoms with E-state index < -0.39 is 5.54 Å². The molecule has 0 radical (unpaired) electrons. The second kappa shape index (κ2) is 4.20. The molecule has 0 amide bonds. The summed E-state index contributed by atoms with van der Waals surface area (Å²) in [5, 5.41) is 13.9. The van der Waals surface area contributed by atoms with E-state index >= 15 is 0 Å². The smallest absolute Gasteiger partial charge is 0.234 e. The molecule has 2 fully saturated rings. The van der Waals surface area contributed by atoms with Crippen LogP contribution in [0.1, 0.15) is 29.6 Å². The summed E-state index contributed by atoms with van der Waals surface area (Å²) in [5.41, 5.74) is 5.88. The van der Waals surface area contributed by atoms with Crippen LogP contribution < -0.4 is 5.73 Å². The number of aromatic nitrogens is 4. The van der Waals surface area contributed by atoms with Crippen molar-refractivity contribution in [3.63, 3.8) is 0 Å². The average molecular weight is 281 g/mol. The first-order valence-corrected chi connectivity index (χ1v) is 7.25. The van der Waals surface area contributed by atoms with Crippen molar-refractivity contribution in [3.05, 3.63) is 10.8 Å². The second-order valence-electron chi connectivity index (χ2n) is 5.18. The molecule has 0 aromatic carbocycles. The maximum atomic E-state index is 6.34. The van der Waals surface area contributed by atoms with Gasteiger partial charge in [-0.2, -0.15) is 9.61 Å². The van der Waals surface area contributed by atoms with Gasteiger partial charge in [0.15, 0.2) is 5.82 Å². The van der Waals surface area contributed by atoms with E-state index in [2.05, 4.69) is 15.3 Å². The third-order valence-electron chi connectivity index (χ3n) is 3.79. The predicted octanol–water partition coefficient (Wildman–Crippen LogP) is 0.264. The highest BCUT2D eigenvalue weighted by molar-refractivity contribution is 7.16. The fourth-order valence-corrected chi connectivity index (χ4v) is 3.54. The van der Waals surface area contributed by atoms with Gasteiger partial charge in [0.1, 0.15) is 5.01 Å². The van der Waals surface area contributed by atoms with Crippen LogP contribution in [0.2, 0.25) is 0 Å². The summed E-state index contributed by atoms with van der Waals surface area (Å²) in [4.78, 5) is 0.800. The molecule has 19 heavy (non-hydrogen) atoms. The van der Waals surface area contributed by atoms with Crippen molar-refractivity contribution in [1.29, 1.82) is 0 Å². The Balaban J connectivity index is 1.75. The van der Waals surface area contributed by atoms with Crippen LogP contribution in [0.15, 0.2) is 0 Å². The summed E-state index contributed by atoms with van der Waals surface area (Å²) in [6.07, 6.45) is 1.78. The van der Waals surface area contributed by atoms with Crippen molar-refractivity contribution < 1.29 is 9.47 Å². The molecule has 4 rings (SSSR count). The second-order valence-corrected chi connectivity index (χ2v) is 6.14. The zero-order chi connectivity index (χ0) is 12.9. The molecule has 4 heterocycles. The molecule has 2 aromatic heterocycles. The average Bonchev–Trinajstić information content (AvgIpc) is 3.12. The molecule has 0 aliphatic carbocycles. The van der Waals surface area contributed by atoms with Crippen molar-refractivity contribution >= 4 is 16.3 Å². The Morgan fingerprint density at radius 1 is 1.32 bits per heavy atom. The minimum atomic E-state index is -0.463. The lowest BCUT2D eigenvalue weighted by molar-refractivity contribution is 0.178. The zero-order valence-corrected chi connectivity index (χ0v) is 11.2. The Bertz CT molecular complexity index is 597. The van der Waals surface area contributed by atoms with Crippen LogP contribution in [-0.2, 0) is 15.0 Å². The van der Waals surface area contributed by atoms with Crippen LogP contribution >= 0.6 is 11.3 Å². The Kier molecular flexibility index (Phi) is 2.59. The molecule has 2 aliphatic rings. The monoisotopic (exact) mass is 281 g/mol. The summed E-state index contributed by atoms with van der Waals surface area (Å²) in [6, 6.07) is 0. The molecule has 2 N–H and O–H groups in total. The number of hydrogen-bond donors (Lipinski definition) is 1. The first-order valence-electron chi connectivity index (χ1n) is 6.43. The van der Waals surface area contributed by atoms with Gasteiger partial charge >= 0.3 is 0 Å². The topological polar surface area (TPSA) is 87.6 Å². The van der Waals surface area contributed by atoms with Crippen molar-refractivity contribution in [2.45, 2.75) is 24.3 Å². The molecule has 2 aliphatic heterocycles. The fourth-order valence-electron chi connectivity index (χ4n) is 2.58. The minimum Gasteiger partial charge on any atom is -0.381 e. The van der Waals surface area contributed by atoms with Crippen molar-refractivity contribution in [2.75, 3.05) is 26.4 Å². The molecule has 2 aromatic rings. The van der Waals surface area contributed by atoms with Crippen LogP contribution in [0.4, 0.5) is 0 Å². The van der Waals surface area contributed by atoms with Gasteiger partial charge in [-0.1, -0.05) is 11.3 Å². The maximum absolute atomic E-state index is 6.34. The summed E-state index contributed by atoms with van der Waals surface area (Å²) >= 11 is 1.51. The standard InChI is InChI=1S/C11H15N5O2S/c12-11(2-4-18-6-11)9-15-16-8(7-1-3-17-5-7)13-14-10(16)19-9/h7H,1-6,12H2. The molecule has 2 atom stereocenters. The molecule has 7 nitrogen and oxygen atoms in total. The highest BCUT2D eigenvalue weighted by Gasteiger charge is 2.37. The molecule has 0 saturated carbocycles. The van der Waals surface area contributed by atoms with Crippen LogP contribution in [-0.4, -0.2) is 46.2 Å². The van der Waals surface area contributed by atoms with Gasteiger partial charge in [-0.3, -0.25) is 0 Å². The molecule has 2 unspecified atom stereocenters. The van der Waals surface area contributed by atoms with Crippen molar-refractivity contribution in [3.8, 4) is 0 Å². The summed E-state index contributed by atoms with van der Waals surface area (Å²) in [7, 11) is 0. The zero-order valence-electron chi connectivity index (χ0n) is 10.4. The number of fused-ring (bicyclic) bond motifs is 1. The van der Waals surface area contributed by atoms with Gasteiger partial charge in [-0.25, -0.2) is 0 Å². The van der Waals surface area contributed by atoms with E-state index in [-0.39, 0.29) is 0 Å². The Morgan fingerprint density at radius 2 is 2.26 bits per heavy atom. The van der Waals surface area contributed by atoms with Gasteiger partial charge in [0.2, 0.25) is 4.96 Å². The third kappa shape index (κ3) is 1.78. The molecule has 102 valence electrons. The summed E-state index contributed by atoms with van der Waals surface area (Å²) < 4.78 is 12.6. The quantitative estimate of drug-likeness (QED) is 0.850. The van der Waals surface area contributed by atoms with Gasteiger partial charge in [0.05, 0.1) is 18.8 Å². The molecular formula is C11H15N5O2S. The van der Waals surface area contributed by atoms with E-state index in [4.69, 9.17) is 15.2 Å². The van der Waals surface area contributed by atoms with E-state index in [9.17, 15) is 0 Å². The van der Waals surface area contributed by atoms with Gasteiger partial charge in [-0.05, 0) is 12.8 Å². The molecule has 0 spiro atoms. The number of nitrogens with zero attached hydrogens (tertiary/aromatic N) is 4. The van der Waals surface area contributed by atoms with Crippen LogP contribution in [0.5, 0.6) is 0 Å². The van der Waals surface area contributed by atoms with Gasteiger partial charge < -0.3 is 15.2 Å². The Hall–Kier alpha value is -1.09. The van der Waals surface area contributed by atoms with Gasteiger partial charge in [0, 0.05) is 19.1 Å². The lowest BCUT2D eigenvalue weighted by Gasteiger charge is -2.17. The van der Waals surface area contributed by atoms with Crippen molar-refractivity contribution in [2.24, 2.45) is 5.73 Å². The van der Waals surface area contributed by atoms with Crippen LogP contribution in [0, 0.1) is 0 Å². The largest absolute Gasteiger partial charge is 0.381 e. The highest BCUT2D eigenvalue weighted by atomic mass is 32.1.